The maximum Gasteiger partial charge on any atom is 0.311 e. The molecular formula is C17H20N2O3. The van der Waals surface area contributed by atoms with Gasteiger partial charge in [-0.15, -0.1) is 0 Å². The third-order valence-corrected chi connectivity index (χ3v) is 3.55. The number of ketones is 1. The quantitative estimate of drug-likeness (QED) is 0.592. The molecule has 0 bridgehead atoms. The zero-order valence-electron chi connectivity index (χ0n) is 12.9. The van der Waals surface area contributed by atoms with Crippen molar-refractivity contribution in [1.82, 2.24) is 4.90 Å². The predicted octanol–water partition coefficient (Wildman–Crippen LogP) is 1.87. The summed E-state index contributed by atoms with van der Waals surface area (Å²) in [6.45, 7) is 5.87. The van der Waals surface area contributed by atoms with Crippen LogP contribution in [0.3, 0.4) is 0 Å². The smallest absolute Gasteiger partial charge is 0.311 e. The Morgan fingerprint density at radius 3 is 2.50 bits per heavy atom. The fourth-order valence-electron chi connectivity index (χ4n) is 2.24. The first-order valence-corrected chi connectivity index (χ1v) is 7.42. The van der Waals surface area contributed by atoms with E-state index in [-0.39, 0.29) is 17.7 Å². The van der Waals surface area contributed by atoms with E-state index in [0.29, 0.717) is 43.3 Å². The number of hydrogen-bond acceptors (Lipinski definition) is 5. The minimum absolute atomic E-state index is 0.00140. The highest BCUT2D eigenvalue weighted by Crippen LogP contribution is 2.18. The van der Waals surface area contributed by atoms with Crippen molar-refractivity contribution in [3.05, 3.63) is 35.4 Å². The summed E-state index contributed by atoms with van der Waals surface area (Å²) >= 11 is 0. The van der Waals surface area contributed by atoms with Crippen LogP contribution in [0.1, 0.15) is 29.8 Å². The van der Waals surface area contributed by atoms with Crippen LogP contribution in [0.2, 0.25) is 0 Å². The lowest BCUT2D eigenvalue weighted by Gasteiger charge is -2.37. The third-order valence-electron chi connectivity index (χ3n) is 3.55. The van der Waals surface area contributed by atoms with Gasteiger partial charge >= 0.3 is 5.97 Å². The van der Waals surface area contributed by atoms with Gasteiger partial charge < -0.3 is 4.74 Å². The van der Waals surface area contributed by atoms with Gasteiger partial charge in [-0.1, -0.05) is 26.0 Å². The summed E-state index contributed by atoms with van der Waals surface area (Å²) in [6.07, 6.45) is 0. The van der Waals surface area contributed by atoms with Gasteiger partial charge in [0.15, 0.2) is 5.78 Å². The Hall–Kier alpha value is -2.19. The summed E-state index contributed by atoms with van der Waals surface area (Å²) in [4.78, 5) is 25.8. The van der Waals surface area contributed by atoms with Crippen molar-refractivity contribution in [3.63, 3.8) is 0 Å². The summed E-state index contributed by atoms with van der Waals surface area (Å²) in [7, 11) is 0. The molecular weight excluding hydrogens is 280 g/mol. The van der Waals surface area contributed by atoms with Crippen molar-refractivity contribution in [2.24, 2.45) is 11.8 Å². The number of ether oxygens (including phenoxy) is 1. The normalized spacial score (nSPS) is 15.2. The Kier molecular flexibility index (Phi) is 5.29. The summed E-state index contributed by atoms with van der Waals surface area (Å²) in [5.74, 6) is 0.0415. The van der Waals surface area contributed by atoms with Crippen LogP contribution in [-0.2, 0) is 9.53 Å². The molecule has 0 spiro atoms. The summed E-state index contributed by atoms with van der Waals surface area (Å²) < 4.78 is 5.19. The molecule has 1 fully saturated rings. The van der Waals surface area contributed by atoms with Crippen molar-refractivity contribution >= 4 is 11.8 Å². The fraction of sp³-hybridized carbons (Fsp3) is 0.471. The first kappa shape index (κ1) is 16.2. The molecule has 1 saturated heterocycles. The molecule has 116 valence electrons. The van der Waals surface area contributed by atoms with Gasteiger partial charge in [-0.05, 0) is 18.1 Å². The number of benzene rings is 1. The van der Waals surface area contributed by atoms with E-state index in [9.17, 15) is 9.59 Å². The molecule has 1 aromatic carbocycles. The topological polar surface area (TPSA) is 70.4 Å². The molecule has 22 heavy (non-hydrogen) atoms. The lowest BCUT2D eigenvalue weighted by Crippen LogP contribution is -2.52. The number of Topliss-reactive ketones (excluding diaryl/α,β-unsaturated/α-hetero) is 1. The maximum absolute atomic E-state index is 12.1. The van der Waals surface area contributed by atoms with Gasteiger partial charge in [-0.25, -0.2) is 0 Å². The number of carbonyl (C=O) groups excluding carboxylic acids is 2. The lowest BCUT2D eigenvalue weighted by molar-refractivity contribution is -0.155. The predicted molar refractivity (Wildman–Crippen MR) is 81.2 cm³/mol. The summed E-state index contributed by atoms with van der Waals surface area (Å²) in [5, 5.41) is 8.73. The lowest BCUT2D eigenvalue weighted by atomic mass is 9.99. The van der Waals surface area contributed by atoms with Gasteiger partial charge in [0.05, 0.1) is 30.7 Å². The standard InChI is InChI=1S/C17H20N2O3/c1-12(2)11-22-17(21)15-8-19(9-15)10-16(20)14-5-3-13(7-18)4-6-14/h3-6,12,15H,8-11H2,1-2H3. The molecule has 1 aliphatic heterocycles. The van der Waals surface area contributed by atoms with Crippen molar-refractivity contribution in [2.45, 2.75) is 13.8 Å². The highest BCUT2D eigenvalue weighted by atomic mass is 16.5. The van der Waals surface area contributed by atoms with Crippen LogP contribution < -0.4 is 0 Å². The van der Waals surface area contributed by atoms with Crippen LogP contribution >= 0.6 is 0 Å². The molecule has 0 radical (unpaired) electrons. The number of rotatable bonds is 6. The maximum atomic E-state index is 12.1. The number of esters is 1. The van der Waals surface area contributed by atoms with E-state index in [0.717, 1.165) is 0 Å². The Balaban J connectivity index is 1.76. The van der Waals surface area contributed by atoms with E-state index in [2.05, 4.69) is 0 Å². The minimum atomic E-state index is -0.171. The zero-order valence-corrected chi connectivity index (χ0v) is 12.9. The second kappa shape index (κ2) is 7.19. The Bertz CT molecular complexity index is 581. The summed E-state index contributed by atoms with van der Waals surface area (Å²) in [6, 6.07) is 8.61. The van der Waals surface area contributed by atoms with E-state index >= 15 is 0 Å². The van der Waals surface area contributed by atoms with E-state index in [4.69, 9.17) is 10.00 Å². The van der Waals surface area contributed by atoms with Crippen LogP contribution in [-0.4, -0.2) is 42.9 Å². The first-order valence-electron chi connectivity index (χ1n) is 7.42. The monoisotopic (exact) mass is 300 g/mol. The van der Waals surface area contributed by atoms with Crippen LogP contribution in [0.4, 0.5) is 0 Å². The molecule has 1 heterocycles. The van der Waals surface area contributed by atoms with Gasteiger partial charge in [0.2, 0.25) is 0 Å². The van der Waals surface area contributed by atoms with E-state index in [1.54, 1.807) is 24.3 Å². The van der Waals surface area contributed by atoms with E-state index in [1.165, 1.54) is 0 Å². The second-order valence-electron chi connectivity index (χ2n) is 6.03. The second-order valence-corrected chi connectivity index (χ2v) is 6.03. The molecule has 0 saturated carbocycles. The van der Waals surface area contributed by atoms with Crippen molar-refractivity contribution < 1.29 is 14.3 Å². The van der Waals surface area contributed by atoms with Crippen LogP contribution in [0.15, 0.2) is 24.3 Å². The molecule has 1 aliphatic rings. The van der Waals surface area contributed by atoms with Crippen molar-refractivity contribution in [1.29, 1.82) is 5.26 Å². The summed E-state index contributed by atoms with van der Waals surface area (Å²) in [5.41, 5.74) is 1.12. The van der Waals surface area contributed by atoms with Gasteiger partial charge in [0.1, 0.15) is 0 Å². The molecule has 0 N–H and O–H groups in total. The minimum Gasteiger partial charge on any atom is -0.465 e. The highest BCUT2D eigenvalue weighted by molar-refractivity contribution is 5.97. The Morgan fingerprint density at radius 1 is 1.32 bits per heavy atom. The van der Waals surface area contributed by atoms with E-state index < -0.39 is 0 Å². The molecule has 5 heteroatoms. The number of likely N-dealkylation sites (tertiary alicyclic amines) is 1. The zero-order chi connectivity index (χ0) is 16.1. The van der Waals surface area contributed by atoms with Gasteiger partial charge in [-0.3, -0.25) is 14.5 Å². The molecule has 0 aliphatic carbocycles. The number of nitrogens with zero attached hydrogens (tertiary/aromatic N) is 2. The molecule has 0 unspecified atom stereocenters. The van der Waals surface area contributed by atoms with Gasteiger partial charge in [0.25, 0.3) is 0 Å². The number of hydrogen-bond donors (Lipinski definition) is 0. The molecule has 2 rings (SSSR count). The highest BCUT2D eigenvalue weighted by Gasteiger charge is 2.34. The molecule has 5 nitrogen and oxygen atoms in total. The SMILES string of the molecule is CC(C)COC(=O)C1CN(CC(=O)c2ccc(C#N)cc2)C1. The fourth-order valence-corrected chi connectivity index (χ4v) is 2.24. The van der Waals surface area contributed by atoms with Crippen molar-refractivity contribution in [2.75, 3.05) is 26.2 Å². The largest absolute Gasteiger partial charge is 0.465 e. The van der Waals surface area contributed by atoms with E-state index in [1.807, 2.05) is 24.8 Å². The Morgan fingerprint density at radius 2 is 1.95 bits per heavy atom. The third kappa shape index (κ3) is 4.15. The number of nitriles is 1. The van der Waals surface area contributed by atoms with Crippen LogP contribution in [0, 0.1) is 23.2 Å². The van der Waals surface area contributed by atoms with Crippen LogP contribution in [0.5, 0.6) is 0 Å². The molecule has 1 aromatic rings. The number of carbonyl (C=O) groups is 2. The van der Waals surface area contributed by atoms with Crippen molar-refractivity contribution in [3.8, 4) is 6.07 Å². The Labute approximate surface area is 130 Å². The van der Waals surface area contributed by atoms with Crippen LogP contribution in [0.25, 0.3) is 0 Å². The first-order chi connectivity index (χ1) is 10.5. The van der Waals surface area contributed by atoms with Gasteiger partial charge in [0, 0.05) is 18.7 Å². The van der Waals surface area contributed by atoms with Gasteiger partial charge in [-0.2, -0.15) is 5.26 Å². The molecule has 0 aromatic heterocycles. The average Bonchev–Trinajstić information content (AvgIpc) is 2.47. The molecule has 0 atom stereocenters. The average molecular weight is 300 g/mol. The molecule has 0 amide bonds.